The molecule has 1 saturated heterocycles. The average Bonchev–Trinajstić information content (AvgIpc) is 3.11. The number of piperidine rings is 1. The summed E-state index contributed by atoms with van der Waals surface area (Å²) in [6, 6.07) is 0. The Hall–Kier alpha value is -0.940. The molecule has 1 aromatic rings. The molecule has 18 heavy (non-hydrogen) atoms. The molecule has 0 bridgehead atoms. The van der Waals surface area contributed by atoms with E-state index in [9.17, 15) is 4.79 Å². The van der Waals surface area contributed by atoms with E-state index in [0.29, 0.717) is 0 Å². The highest BCUT2D eigenvalue weighted by atomic mass is 32.1. The van der Waals surface area contributed by atoms with Gasteiger partial charge in [-0.3, -0.25) is 9.69 Å². The van der Waals surface area contributed by atoms with E-state index in [1.807, 2.05) is 0 Å². The van der Waals surface area contributed by atoms with Crippen LogP contribution >= 0.6 is 11.3 Å². The summed E-state index contributed by atoms with van der Waals surface area (Å²) in [5, 5.41) is 3.51. The van der Waals surface area contributed by atoms with Gasteiger partial charge < -0.3 is 5.73 Å². The molecule has 2 N–H and O–H groups in total. The SMILES string of the molecule is NC(=O)C1CCN(Cc2csc(C3CC3)n2)CC1. The summed E-state index contributed by atoms with van der Waals surface area (Å²) in [7, 11) is 0. The van der Waals surface area contributed by atoms with Crippen LogP contribution in [0.1, 0.15) is 42.3 Å². The molecule has 1 aliphatic carbocycles. The average molecular weight is 265 g/mol. The van der Waals surface area contributed by atoms with Gasteiger partial charge >= 0.3 is 0 Å². The van der Waals surface area contributed by atoms with Crippen LogP contribution in [0.15, 0.2) is 5.38 Å². The van der Waals surface area contributed by atoms with Crippen LogP contribution in [0.3, 0.4) is 0 Å². The quantitative estimate of drug-likeness (QED) is 0.901. The first kappa shape index (κ1) is 12.1. The number of rotatable bonds is 4. The number of primary amides is 1. The Morgan fingerprint density at radius 3 is 2.72 bits per heavy atom. The summed E-state index contributed by atoms with van der Waals surface area (Å²) in [5.41, 5.74) is 6.53. The molecule has 3 rings (SSSR count). The largest absolute Gasteiger partial charge is 0.369 e. The molecule has 1 saturated carbocycles. The molecule has 1 aliphatic heterocycles. The maximum Gasteiger partial charge on any atom is 0.220 e. The van der Waals surface area contributed by atoms with E-state index in [-0.39, 0.29) is 11.8 Å². The highest BCUT2D eigenvalue weighted by molar-refractivity contribution is 7.09. The minimum Gasteiger partial charge on any atom is -0.369 e. The van der Waals surface area contributed by atoms with Crippen molar-refractivity contribution in [1.29, 1.82) is 0 Å². The first-order valence-electron chi connectivity index (χ1n) is 6.68. The summed E-state index contributed by atoms with van der Waals surface area (Å²) in [4.78, 5) is 18.2. The van der Waals surface area contributed by atoms with Gasteiger partial charge in [-0.05, 0) is 38.8 Å². The molecule has 0 radical (unpaired) electrons. The molecule has 5 heteroatoms. The van der Waals surface area contributed by atoms with E-state index < -0.39 is 0 Å². The van der Waals surface area contributed by atoms with E-state index in [0.717, 1.165) is 38.4 Å². The van der Waals surface area contributed by atoms with Crippen molar-refractivity contribution in [2.24, 2.45) is 11.7 Å². The summed E-state index contributed by atoms with van der Waals surface area (Å²) < 4.78 is 0. The van der Waals surface area contributed by atoms with Crippen molar-refractivity contribution in [2.45, 2.75) is 38.1 Å². The van der Waals surface area contributed by atoms with Gasteiger partial charge in [0.1, 0.15) is 0 Å². The van der Waals surface area contributed by atoms with Gasteiger partial charge in [-0.25, -0.2) is 4.98 Å². The Balaban J connectivity index is 1.52. The number of nitrogens with zero attached hydrogens (tertiary/aromatic N) is 2. The van der Waals surface area contributed by atoms with Crippen molar-refractivity contribution in [1.82, 2.24) is 9.88 Å². The lowest BCUT2D eigenvalue weighted by molar-refractivity contribution is -0.123. The van der Waals surface area contributed by atoms with Crippen LogP contribution in [0.4, 0.5) is 0 Å². The Bertz CT molecular complexity index is 433. The first-order chi connectivity index (χ1) is 8.72. The highest BCUT2D eigenvalue weighted by Gasteiger charge is 2.27. The van der Waals surface area contributed by atoms with Crippen LogP contribution in [-0.2, 0) is 11.3 Å². The van der Waals surface area contributed by atoms with Crippen LogP contribution in [0.5, 0.6) is 0 Å². The summed E-state index contributed by atoms with van der Waals surface area (Å²) in [5.74, 6) is 0.697. The topological polar surface area (TPSA) is 59.2 Å². The van der Waals surface area contributed by atoms with Crippen LogP contribution < -0.4 is 5.73 Å². The molecule has 0 spiro atoms. The lowest BCUT2D eigenvalue weighted by Gasteiger charge is -2.29. The number of nitrogens with two attached hydrogens (primary N) is 1. The standard InChI is InChI=1S/C13H19N3OS/c14-12(17)9-3-5-16(6-4-9)7-11-8-18-13(15-11)10-1-2-10/h8-10H,1-7H2,(H2,14,17). The van der Waals surface area contributed by atoms with Gasteiger partial charge in [-0.2, -0.15) is 0 Å². The third-order valence-corrected chi connectivity index (χ3v) is 4.93. The normalized spacial score (nSPS) is 22.2. The second-order valence-electron chi connectivity index (χ2n) is 5.40. The number of likely N-dealkylation sites (tertiary alicyclic amines) is 1. The van der Waals surface area contributed by atoms with Crippen LogP contribution in [0, 0.1) is 5.92 Å². The minimum atomic E-state index is -0.140. The molecular formula is C13H19N3OS. The van der Waals surface area contributed by atoms with Gasteiger partial charge in [0, 0.05) is 23.8 Å². The second-order valence-corrected chi connectivity index (χ2v) is 6.29. The smallest absolute Gasteiger partial charge is 0.220 e. The van der Waals surface area contributed by atoms with Gasteiger partial charge in [-0.15, -0.1) is 11.3 Å². The predicted octanol–water partition coefficient (Wildman–Crippen LogP) is 1.72. The van der Waals surface area contributed by atoms with Crippen molar-refractivity contribution >= 4 is 17.2 Å². The van der Waals surface area contributed by atoms with E-state index in [1.54, 1.807) is 11.3 Å². The molecule has 98 valence electrons. The van der Waals surface area contributed by atoms with Crippen molar-refractivity contribution in [2.75, 3.05) is 13.1 Å². The van der Waals surface area contributed by atoms with Gasteiger partial charge in [0.25, 0.3) is 0 Å². The highest BCUT2D eigenvalue weighted by Crippen LogP contribution is 2.41. The van der Waals surface area contributed by atoms with E-state index in [2.05, 4.69) is 10.3 Å². The van der Waals surface area contributed by atoms with E-state index >= 15 is 0 Å². The Morgan fingerprint density at radius 1 is 1.39 bits per heavy atom. The number of amides is 1. The summed E-state index contributed by atoms with van der Waals surface area (Å²) in [6.07, 6.45) is 4.43. The third-order valence-electron chi connectivity index (χ3n) is 3.87. The zero-order chi connectivity index (χ0) is 12.5. The molecule has 1 amide bonds. The number of thiazole rings is 1. The van der Waals surface area contributed by atoms with Gasteiger partial charge in [0.15, 0.2) is 0 Å². The molecule has 4 nitrogen and oxygen atoms in total. The molecule has 2 heterocycles. The third kappa shape index (κ3) is 2.72. The fourth-order valence-electron chi connectivity index (χ4n) is 2.52. The molecule has 0 unspecified atom stereocenters. The van der Waals surface area contributed by atoms with Crippen molar-refractivity contribution in [3.05, 3.63) is 16.1 Å². The van der Waals surface area contributed by atoms with E-state index in [4.69, 9.17) is 10.7 Å². The second kappa shape index (κ2) is 4.97. The van der Waals surface area contributed by atoms with Gasteiger partial charge in [0.2, 0.25) is 5.91 Å². The maximum atomic E-state index is 11.1. The van der Waals surface area contributed by atoms with Crippen LogP contribution in [-0.4, -0.2) is 28.9 Å². The van der Waals surface area contributed by atoms with Crippen molar-refractivity contribution in [3.63, 3.8) is 0 Å². The van der Waals surface area contributed by atoms with Crippen LogP contribution in [0.2, 0.25) is 0 Å². The van der Waals surface area contributed by atoms with Crippen LogP contribution in [0.25, 0.3) is 0 Å². The molecule has 0 aromatic carbocycles. The summed E-state index contributed by atoms with van der Waals surface area (Å²) >= 11 is 1.80. The monoisotopic (exact) mass is 265 g/mol. The number of aromatic nitrogens is 1. The lowest BCUT2D eigenvalue weighted by atomic mass is 9.96. The zero-order valence-electron chi connectivity index (χ0n) is 10.5. The van der Waals surface area contributed by atoms with Gasteiger partial charge in [0.05, 0.1) is 10.7 Å². The first-order valence-corrected chi connectivity index (χ1v) is 7.56. The van der Waals surface area contributed by atoms with Crippen molar-refractivity contribution in [3.8, 4) is 0 Å². The number of carbonyl (C=O) groups excluding carboxylic acids is 1. The Labute approximate surface area is 111 Å². The fourth-order valence-corrected chi connectivity index (χ4v) is 3.50. The number of carbonyl (C=O) groups is 1. The van der Waals surface area contributed by atoms with Gasteiger partial charge in [-0.1, -0.05) is 0 Å². The summed E-state index contributed by atoms with van der Waals surface area (Å²) in [6.45, 7) is 2.85. The van der Waals surface area contributed by atoms with Crippen molar-refractivity contribution < 1.29 is 4.79 Å². The predicted molar refractivity (Wildman–Crippen MR) is 71.3 cm³/mol. The molecule has 1 aromatic heterocycles. The molecule has 0 atom stereocenters. The molecule has 2 aliphatic rings. The lowest BCUT2D eigenvalue weighted by Crippen LogP contribution is -2.38. The molecular weight excluding hydrogens is 246 g/mol. The minimum absolute atomic E-state index is 0.0821. The zero-order valence-corrected chi connectivity index (χ0v) is 11.3. The van der Waals surface area contributed by atoms with E-state index in [1.165, 1.54) is 23.5 Å². The number of hydrogen-bond donors (Lipinski definition) is 1. The number of hydrogen-bond acceptors (Lipinski definition) is 4. The molecule has 2 fully saturated rings. The fraction of sp³-hybridized carbons (Fsp3) is 0.692. The Kier molecular flexibility index (Phi) is 3.35. The Morgan fingerprint density at radius 2 is 2.11 bits per heavy atom. The maximum absolute atomic E-state index is 11.1.